The molecule has 0 saturated carbocycles. The van der Waals surface area contributed by atoms with Gasteiger partial charge in [-0.2, -0.15) is 0 Å². The minimum atomic E-state index is 0.386. The summed E-state index contributed by atoms with van der Waals surface area (Å²) < 4.78 is 3.16. The Morgan fingerprint density at radius 3 is 3.00 bits per heavy atom. The van der Waals surface area contributed by atoms with Crippen LogP contribution in [0.5, 0.6) is 0 Å². The Hall–Kier alpha value is -2.06. The molecule has 2 N–H and O–H groups in total. The molecule has 1 unspecified atom stereocenters. The Labute approximate surface area is 171 Å². The SMILES string of the molecule is CCNC(=NCc1cn2ccsc2n1)NC1CCN(c2ccc(Br)cc2)C1. The van der Waals surface area contributed by atoms with E-state index in [4.69, 9.17) is 4.99 Å². The lowest BCUT2D eigenvalue weighted by Crippen LogP contribution is -2.44. The molecule has 2 aromatic heterocycles. The fourth-order valence-corrected chi connectivity index (χ4v) is 4.27. The first-order valence-electron chi connectivity index (χ1n) is 9.17. The molecule has 27 heavy (non-hydrogen) atoms. The molecule has 1 aliphatic rings. The van der Waals surface area contributed by atoms with E-state index in [-0.39, 0.29) is 0 Å². The zero-order valence-corrected chi connectivity index (χ0v) is 17.6. The summed E-state index contributed by atoms with van der Waals surface area (Å²) in [6.45, 7) is 5.54. The van der Waals surface area contributed by atoms with Crippen LogP contribution in [-0.4, -0.2) is 41.0 Å². The Morgan fingerprint density at radius 2 is 2.22 bits per heavy atom. The third-order valence-electron chi connectivity index (χ3n) is 4.61. The molecule has 0 spiro atoms. The Balaban J connectivity index is 1.37. The molecule has 4 rings (SSSR count). The number of thiazole rings is 1. The average Bonchev–Trinajstić information content (AvgIpc) is 3.36. The molecule has 1 atom stereocenters. The smallest absolute Gasteiger partial charge is 0.193 e. The molecular weight excluding hydrogens is 424 g/mol. The number of imidazole rings is 1. The summed E-state index contributed by atoms with van der Waals surface area (Å²) >= 11 is 5.14. The molecule has 1 fully saturated rings. The monoisotopic (exact) mass is 446 g/mol. The van der Waals surface area contributed by atoms with Gasteiger partial charge in [0.1, 0.15) is 0 Å². The van der Waals surface area contributed by atoms with E-state index < -0.39 is 0 Å². The van der Waals surface area contributed by atoms with Crippen molar-refractivity contribution >= 4 is 43.9 Å². The summed E-state index contributed by atoms with van der Waals surface area (Å²) in [5.74, 6) is 0.858. The Bertz CT molecular complexity index is 887. The predicted octanol–water partition coefficient (Wildman–Crippen LogP) is 3.49. The second-order valence-electron chi connectivity index (χ2n) is 6.57. The van der Waals surface area contributed by atoms with Crippen LogP contribution in [0, 0.1) is 0 Å². The predicted molar refractivity (Wildman–Crippen MR) is 116 cm³/mol. The van der Waals surface area contributed by atoms with Gasteiger partial charge in [0, 0.05) is 53.6 Å². The number of halogens is 1. The van der Waals surface area contributed by atoms with Gasteiger partial charge in [0.25, 0.3) is 0 Å². The van der Waals surface area contributed by atoms with E-state index in [1.165, 1.54) is 5.69 Å². The molecule has 1 saturated heterocycles. The highest BCUT2D eigenvalue weighted by atomic mass is 79.9. The van der Waals surface area contributed by atoms with Gasteiger partial charge in [0.2, 0.25) is 0 Å². The largest absolute Gasteiger partial charge is 0.369 e. The van der Waals surface area contributed by atoms with E-state index in [1.54, 1.807) is 11.3 Å². The Kier molecular flexibility index (Phi) is 5.63. The first kappa shape index (κ1) is 18.3. The van der Waals surface area contributed by atoms with Crippen LogP contribution in [0.25, 0.3) is 4.96 Å². The van der Waals surface area contributed by atoms with E-state index in [0.717, 1.165) is 47.1 Å². The summed E-state index contributed by atoms with van der Waals surface area (Å²) in [4.78, 5) is 12.8. The van der Waals surface area contributed by atoms with Gasteiger partial charge < -0.3 is 15.5 Å². The van der Waals surface area contributed by atoms with Crippen molar-refractivity contribution in [2.75, 3.05) is 24.5 Å². The second-order valence-corrected chi connectivity index (χ2v) is 8.36. The number of nitrogens with zero attached hydrogens (tertiary/aromatic N) is 4. The number of hydrogen-bond donors (Lipinski definition) is 2. The lowest BCUT2D eigenvalue weighted by molar-refractivity contribution is 0.649. The molecule has 6 nitrogen and oxygen atoms in total. The maximum atomic E-state index is 4.73. The van der Waals surface area contributed by atoms with Crippen LogP contribution in [0.3, 0.4) is 0 Å². The van der Waals surface area contributed by atoms with Gasteiger partial charge in [-0.3, -0.25) is 4.40 Å². The van der Waals surface area contributed by atoms with Gasteiger partial charge in [-0.05, 0) is 37.6 Å². The van der Waals surface area contributed by atoms with Crippen LogP contribution >= 0.6 is 27.3 Å². The number of aromatic nitrogens is 2. The highest BCUT2D eigenvalue weighted by Crippen LogP contribution is 2.22. The van der Waals surface area contributed by atoms with Crippen molar-refractivity contribution in [1.82, 2.24) is 20.0 Å². The van der Waals surface area contributed by atoms with Crippen molar-refractivity contribution in [3.8, 4) is 0 Å². The van der Waals surface area contributed by atoms with Gasteiger partial charge in [0.05, 0.1) is 12.2 Å². The molecule has 0 amide bonds. The molecule has 8 heteroatoms. The van der Waals surface area contributed by atoms with Crippen molar-refractivity contribution in [1.29, 1.82) is 0 Å². The summed E-state index contributed by atoms with van der Waals surface area (Å²) in [6.07, 6.45) is 5.17. The van der Waals surface area contributed by atoms with E-state index in [1.807, 2.05) is 22.2 Å². The fraction of sp³-hybridized carbons (Fsp3) is 0.368. The molecule has 0 aliphatic carbocycles. The number of benzene rings is 1. The molecule has 0 bridgehead atoms. The van der Waals surface area contributed by atoms with Crippen LogP contribution in [-0.2, 0) is 6.54 Å². The summed E-state index contributed by atoms with van der Waals surface area (Å²) in [5.41, 5.74) is 2.25. The van der Waals surface area contributed by atoms with Crippen molar-refractivity contribution in [3.05, 3.63) is 52.2 Å². The maximum absolute atomic E-state index is 4.73. The van der Waals surface area contributed by atoms with Crippen molar-refractivity contribution in [2.45, 2.75) is 25.9 Å². The van der Waals surface area contributed by atoms with Crippen molar-refractivity contribution in [3.63, 3.8) is 0 Å². The maximum Gasteiger partial charge on any atom is 0.193 e. The van der Waals surface area contributed by atoms with Crippen LogP contribution in [0.15, 0.2) is 51.5 Å². The summed E-state index contributed by atoms with van der Waals surface area (Å²) in [5, 5.41) is 8.97. The number of aliphatic imine (C=N–C) groups is 1. The number of fused-ring (bicyclic) bond motifs is 1. The van der Waals surface area contributed by atoms with Gasteiger partial charge in [0.15, 0.2) is 10.9 Å². The lowest BCUT2D eigenvalue weighted by atomic mass is 10.3. The van der Waals surface area contributed by atoms with Gasteiger partial charge in [-0.1, -0.05) is 15.9 Å². The van der Waals surface area contributed by atoms with E-state index in [9.17, 15) is 0 Å². The first-order chi connectivity index (χ1) is 13.2. The topological polar surface area (TPSA) is 57.0 Å². The first-order valence-corrected chi connectivity index (χ1v) is 10.8. The zero-order chi connectivity index (χ0) is 18.6. The molecule has 142 valence electrons. The third kappa shape index (κ3) is 4.44. The zero-order valence-electron chi connectivity index (χ0n) is 15.2. The van der Waals surface area contributed by atoms with E-state index >= 15 is 0 Å². The molecule has 1 aliphatic heterocycles. The highest BCUT2D eigenvalue weighted by Gasteiger charge is 2.23. The van der Waals surface area contributed by atoms with Crippen LogP contribution in [0.2, 0.25) is 0 Å². The number of guanidine groups is 1. The standard InChI is InChI=1S/C19H23BrN6S/c1-2-21-18(22-11-16-13-26-9-10-27-19(26)24-16)23-15-7-8-25(12-15)17-5-3-14(20)4-6-17/h3-6,9-10,13,15H,2,7-8,11-12H2,1H3,(H2,21,22,23). The summed E-state index contributed by atoms with van der Waals surface area (Å²) in [6, 6.07) is 8.90. The van der Waals surface area contributed by atoms with Gasteiger partial charge in [-0.15, -0.1) is 11.3 Å². The number of nitrogens with one attached hydrogen (secondary N) is 2. The molecule has 3 heterocycles. The van der Waals surface area contributed by atoms with Crippen molar-refractivity contribution in [2.24, 2.45) is 4.99 Å². The number of anilines is 1. The number of hydrogen-bond acceptors (Lipinski definition) is 4. The number of rotatable bonds is 5. The quantitative estimate of drug-likeness (QED) is 0.465. The fourth-order valence-electron chi connectivity index (χ4n) is 3.29. The summed E-state index contributed by atoms with van der Waals surface area (Å²) in [7, 11) is 0. The average molecular weight is 447 g/mol. The van der Waals surface area contributed by atoms with E-state index in [2.05, 4.69) is 67.6 Å². The second kappa shape index (κ2) is 8.31. The molecule has 0 radical (unpaired) electrons. The molecule has 3 aromatic rings. The van der Waals surface area contributed by atoms with Crippen LogP contribution in [0.4, 0.5) is 5.69 Å². The minimum absolute atomic E-state index is 0.386. The van der Waals surface area contributed by atoms with Gasteiger partial charge in [-0.25, -0.2) is 9.98 Å². The molecule has 1 aromatic carbocycles. The normalized spacial score (nSPS) is 17.6. The van der Waals surface area contributed by atoms with Crippen LogP contribution < -0.4 is 15.5 Å². The lowest BCUT2D eigenvalue weighted by Gasteiger charge is -2.20. The highest BCUT2D eigenvalue weighted by molar-refractivity contribution is 9.10. The van der Waals surface area contributed by atoms with Gasteiger partial charge >= 0.3 is 0 Å². The Morgan fingerprint density at radius 1 is 1.37 bits per heavy atom. The molecular formula is C19H23BrN6S. The van der Waals surface area contributed by atoms with E-state index in [0.29, 0.717) is 12.6 Å². The minimum Gasteiger partial charge on any atom is -0.369 e. The van der Waals surface area contributed by atoms with Crippen LogP contribution in [0.1, 0.15) is 19.0 Å². The van der Waals surface area contributed by atoms with Crippen molar-refractivity contribution < 1.29 is 0 Å². The third-order valence-corrected chi connectivity index (χ3v) is 5.91.